The van der Waals surface area contributed by atoms with Gasteiger partial charge in [0.15, 0.2) is 0 Å². The van der Waals surface area contributed by atoms with E-state index >= 15 is 0 Å². The Balaban J connectivity index is 0.000000184. The van der Waals surface area contributed by atoms with Crippen LogP contribution in [0.25, 0.3) is 66.8 Å². The molecule has 135 heavy (non-hydrogen) atoms. The first-order chi connectivity index (χ1) is 67.0. The van der Waals surface area contributed by atoms with Crippen molar-refractivity contribution in [2.24, 2.45) is 0 Å². The summed E-state index contributed by atoms with van der Waals surface area (Å²) >= 11 is 0. The van der Waals surface area contributed by atoms with Gasteiger partial charge in [-0.2, -0.15) is 0 Å². The lowest BCUT2D eigenvalue weighted by Crippen LogP contribution is -2.26. The molecule has 0 N–H and O–H groups in total. The molecule has 0 fully saturated rings. The summed E-state index contributed by atoms with van der Waals surface area (Å²) in [6.45, 7) is 60.0. The lowest BCUT2D eigenvalue weighted by atomic mass is 9.82. The number of anilines is 9. The molecule has 12 aliphatic rings. The standard InChI is InChI=1S/3C34H23N.15C2H6/c1-4-11-27-20(6-1)14-24-19-33-25(18-29(24)27)15-22-8-5-9-23-17-31-30-16-21-7-2-3-10-26(21)28(30)12-13-32(31)35(33)34(22)23;1-3-10-26-21(7-1)18-29-28(26)14-15-31-30(29)19-24-9-5-8-23-17-25-13-12-22-16-20-6-2-4-11-27(20)32(22)34(25)35(31)33(23)24;1-3-10-25-20(6-1)17-29-27(25)14-15-32-30(29)19-23-9-5-8-22-16-24-12-13-28-26-11-4-2-7-21(26)18-31(28)34(24)35(32)33(22)23;15*1-2/h1-13,18-19H,14-17H2;2*1-15H,16-19H2;15*1-2H3. The fourth-order valence-electron chi connectivity index (χ4n) is 21.8. The Morgan fingerprint density at radius 3 is 0.741 bits per heavy atom. The fraction of sp³-hybridized carbons (Fsp3) is 0.318. The van der Waals surface area contributed by atoms with E-state index in [1.54, 1.807) is 0 Å². The molecule has 3 nitrogen and oxygen atoms in total. The third-order valence-corrected chi connectivity index (χ3v) is 26.2. The largest absolute Gasteiger partial charge is 0.309 e. The first kappa shape index (κ1) is 105. The van der Waals surface area contributed by atoms with Crippen LogP contribution in [0.3, 0.4) is 0 Å². The van der Waals surface area contributed by atoms with E-state index in [0.717, 1.165) is 77.0 Å². The zero-order chi connectivity index (χ0) is 98.0. The average molecular weight is 1790 g/mol. The molecule has 6 aliphatic carbocycles. The van der Waals surface area contributed by atoms with Gasteiger partial charge in [-0.3, -0.25) is 0 Å². The van der Waals surface area contributed by atoms with Crippen LogP contribution in [-0.2, 0) is 77.0 Å². The number of para-hydroxylation sites is 3. The highest BCUT2D eigenvalue weighted by Crippen LogP contribution is 2.62. The Hall–Kier alpha value is -12.3. The molecule has 0 atom stereocenters. The lowest BCUT2D eigenvalue weighted by Gasteiger charge is -2.41. The summed E-state index contributed by atoms with van der Waals surface area (Å²) in [5, 5.41) is 0. The molecule has 27 rings (SSSR count). The number of hydrogen-bond acceptors (Lipinski definition) is 3. The number of nitrogens with zero attached hydrogens (tertiary/aromatic N) is 3. The topological polar surface area (TPSA) is 9.72 Å². The molecular weight excluding hydrogens is 1630 g/mol. The summed E-state index contributed by atoms with van der Waals surface area (Å²) in [5.74, 6) is 0. The van der Waals surface area contributed by atoms with E-state index in [0.29, 0.717) is 0 Å². The van der Waals surface area contributed by atoms with E-state index in [1.165, 1.54) is 251 Å². The van der Waals surface area contributed by atoms with Crippen molar-refractivity contribution in [1.82, 2.24) is 0 Å². The lowest BCUT2D eigenvalue weighted by molar-refractivity contribution is 0.988. The second kappa shape index (κ2) is 49.8. The minimum absolute atomic E-state index is 1.01. The minimum Gasteiger partial charge on any atom is -0.309 e. The van der Waals surface area contributed by atoms with E-state index in [9.17, 15) is 0 Å². The van der Waals surface area contributed by atoms with Gasteiger partial charge in [0.2, 0.25) is 0 Å². The van der Waals surface area contributed by atoms with Crippen LogP contribution in [0.15, 0.2) is 273 Å². The monoisotopic (exact) mass is 1790 g/mol. The molecule has 0 saturated carbocycles. The molecule has 0 radical (unpaired) electrons. The van der Waals surface area contributed by atoms with Crippen molar-refractivity contribution < 1.29 is 0 Å². The minimum atomic E-state index is 1.01. The summed E-state index contributed by atoms with van der Waals surface area (Å²) < 4.78 is 0. The molecule has 0 aromatic heterocycles. The summed E-state index contributed by atoms with van der Waals surface area (Å²) in [6.07, 6.45) is 12.3. The summed E-state index contributed by atoms with van der Waals surface area (Å²) in [5.41, 5.74) is 65.2. The second-order valence-corrected chi connectivity index (χ2v) is 31.5. The number of benzene rings is 15. The van der Waals surface area contributed by atoms with Gasteiger partial charge >= 0.3 is 0 Å². The van der Waals surface area contributed by atoms with Crippen molar-refractivity contribution in [3.8, 4) is 66.8 Å². The van der Waals surface area contributed by atoms with Gasteiger partial charge in [-0.05, 0) is 257 Å². The number of hydrogen-bond donors (Lipinski definition) is 0. The van der Waals surface area contributed by atoms with Crippen LogP contribution >= 0.6 is 0 Å². The Bertz CT molecular complexity index is 6490. The SMILES string of the molecule is CC.CC.CC.CC.CC.CC.CC.CC.CC.CC.CC.CC.CC.CC.CC.c1ccc2c(c1)Cc1c-2ccc2c1Cc1cccc3c1N2c1c(ccc2c1-c1ccccc1C2)C3.c1ccc2c(c1)Cc1c-2ccc2c1Cc1cccc3c1N2c1c(ccc2c1Cc1ccccc1-2)C3.c1ccc2c(c1)Cc1cc3c(cc1-2)Cc1cccc2c1N3c1ccc3c(c1C2)Cc1ccccc1-3. The maximum absolute atomic E-state index is 2.65. The van der Waals surface area contributed by atoms with Crippen molar-refractivity contribution >= 4 is 51.2 Å². The van der Waals surface area contributed by atoms with Gasteiger partial charge in [-0.25, -0.2) is 0 Å². The predicted molar refractivity (Wildman–Crippen MR) is 600 cm³/mol. The van der Waals surface area contributed by atoms with Crippen molar-refractivity contribution in [2.75, 3.05) is 14.7 Å². The summed E-state index contributed by atoms with van der Waals surface area (Å²) in [6, 6.07) is 104. The molecule has 0 amide bonds. The van der Waals surface area contributed by atoms with Gasteiger partial charge in [0.1, 0.15) is 0 Å². The molecule has 15 aromatic carbocycles. The summed E-state index contributed by atoms with van der Waals surface area (Å²) in [7, 11) is 0. The first-order valence-electron chi connectivity index (χ1n) is 53.2. The van der Waals surface area contributed by atoms with E-state index in [1.807, 2.05) is 208 Å². The highest BCUT2D eigenvalue weighted by molar-refractivity contribution is 6.02. The van der Waals surface area contributed by atoms with Crippen LogP contribution in [0.4, 0.5) is 51.2 Å². The van der Waals surface area contributed by atoms with Gasteiger partial charge < -0.3 is 14.7 Å². The second-order valence-electron chi connectivity index (χ2n) is 31.5. The van der Waals surface area contributed by atoms with Gasteiger partial charge in [-0.15, -0.1) is 0 Å². The van der Waals surface area contributed by atoms with Crippen LogP contribution < -0.4 is 14.7 Å². The summed E-state index contributed by atoms with van der Waals surface area (Å²) in [4.78, 5) is 7.90. The number of rotatable bonds is 0. The molecule has 0 spiro atoms. The Kier molecular flexibility index (Phi) is 38.6. The zero-order valence-corrected chi connectivity index (χ0v) is 88.3. The molecular formula is C132H159N3. The molecule has 702 valence electrons. The predicted octanol–water partition coefficient (Wildman–Crippen LogP) is 39.7. The average Bonchev–Trinajstić information content (AvgIpc) is 1.65. The molecule has 6 aliphatic heterocycles. The van der Waals surface area contributed by atoms with Crippen molar-refractivity contribution in [2.45, 2.75) is 285 Å². The van der Waals surface area contributed by atoms with Crippen molar-refractivity contribution in [1.29, 1.82) is 0 Å². The Labute approximate surface area is 818 Å². The maximum Gasteiger partial charge on any atom is 0.0578 e. The van der Waals surface area contributed by atoms with Crippen LogP contribution in [0, 0.1) is 0 Å². The molecule has 0 unspecified atom stereocenters. The van der Waals surface area contributed by atoms with Crippen LogP contribution in [0.5, 0.6) is 0 Å². The van der Waals surface area contributed by atoms with E-state index in [2.05, 4.69) is 288 Å². The Morgan fingerprint density at radius 1 is 0.126 bits per heavy atom. The quantitative estimate of drug-likeness (QED) is 0.150. The third kappa shape index (κ3) is 18.8. The van der Waals surface area contributed by atoms with Crippen molar-refractivity contribution in [3.05, 3.63) is 407 Å². The van der Waals surface area contributed by atoms with Crippen LogP contribution in [0.2, 0.25) is 0 Å². The van der Waals surface area contributed by atoms with E-state index in [4.69, 9.17) is 0 Å². The highest BCUT2D eigenvalue weighted by atomic mass is 15.2. The van der Waals surface area contributed by atoms with Crippen molar-refractivity contribution in [3.63, 3.8) is 0 Å². The maximum atomic E-state index is 2.65. The van der Waals surface area contributed by atoms with Gasteiger partial charge in [0, 0.05) is 50.5 Å². The molecule has 3 heteroatoms. The molecule has 0 saturated heterocycles. The van der Waals surface area contributed by atoms with Crippen LogP contribution in [-0.4, -0.2) is 0 Å². The normalized spacial score (nSPS) is 12.3. The molecule has 15 aromatic rings. The Morgan fingerprint density at radius 2 is 0.356 bits per heavy atom. The third-order valence-electron chi connectivity index (χ3n) is 26.2. The van der Waals surface area contributed by atoms with Gasteiger partial charge in [0.25, 0.3) is 0 Å². The zero-order valence-electron chi connectivity index (χ0n) is 88.3. The molecule has 0 bridgehead atoms. The molecule has 6 heterocycles. The first-order valence-corrected chi connectivity index (χ1v) is 53.2. The van der Waals surface area contributed by atoms with E-state index < -0.39 is 0 Å². The number of fused-ring (bicyclic) bond motifs is 35. The fourth-order valence-corrected chi connectivity index (χ4v) is 21.8. The van der Waals surface area contributed by atoms with E-state index in [-0.39, 0.29) is 0 Å². The smallest absolute Gasteiger partial charge is 0.0578 e. The van der Waals surface area contributed by atoms with Gasteiger partial charge in [-0.1, -0.05) is 450 Å². The van der Waals surface area contributed by atoms with Gasteiger partial charge in [0.05, 0.1) is 51.2 Å². The highest BCUT2D eigenvalue weighted by Gasteiger charge is 2.42. The van der Waals surface area contributed by atoms with Crippen LogP contribution in [0.1, 0.15) is 341 Å².